The van der Waals surface area contributed by atoms with Crippen molar-refractivity contribution in [2.24, 2.45) is 0 Å². The summed E-state index contributed by atoms with van der Waals surface area (Å²) in [7, 11) is 1.32. The van der Waals surface area contributed by atoms with Crippen LogP contribution in [0.3, 0.4) is 0 Å². The number of pyridine rings is 1. The van der Waals surface area contributed by atoms with Crippen molar-refractivity contribution in [1.82, 2.24) is 4.98 Å². The van der Waals surface area contributed by atoms with E-state index < -0.39 is 5.97 Å². The molecule has 0 atom stereocenters. The first-order chi connectivity index (χ1) is 13.0. The maximum atomic E-state index is 12.9. The molecule has 0 aliphatic carbocycles. The van der Waals surface area contributed by atoms with Gasteiger partial charge < -0.3 is 15.4 Å². The topological polar surface area (TPSA) is 80.3 Å². The molecule has 27 heavy (non-hydrogen) atoms. The van der Waals surface area contributed by atoms with E-state index >= 15 is 0 Å². The summed E-state index contributed by atoms with van der Waals surface area (Å²) in [6.45, 7) is 0. The molecule has 1 aromatic heterocycles. The third kappa shape index (κ3) is 4.66. The zero-order chi connectivity index (χ0) is 19.2. The Kier molecular flexibility index (Phi) is 5.41. The molecule has 7 heteroatoms. The molecule has 3 aromatic rings. The number of nitrogens with one attached hydrogen (secondary N) is 2. The molecule has 3 rings (SSSR count). The summed E-state index contributed by atoms with van der Waals surface area (Å²) >= 11 is 0. The van der Waals surface area contributed by atoms with Crippen LogP contribution in [-0.2, 0) is 4.74 Å². The standard InChI is InChI=1S/C20H16FN3O3/c1-27-20(26)13-3-2-4-17(11-13)23-18-10-5-14(12-22-18)19(25)24-16-8-6-15(21)7-9-16/h2-12H,1H3,(H,22,23)(H,24,25). The fourth-order valence-corrected chi connectivity index (χ4v) is 2.33. The molecular formula is C20H16FN3O3. The van der Waals surface area contributed by atoms with Crippen molar-refractivity contribution < 1.29 is 18.7 Å². The Bertz CT molecular complexity index is 957. The van der Waals surface area contributed by atoms with E-state index in [-0.39, 0.29) is 11.7 Å². The lowest BCUT2D eigenvalue weighted by Gasteiger charge is -2.08. The first-order valence-electron chi connectivity index (χ1n) is 8.03. The van der Waals surface area contributed by atoms with Gasteiger partial charge in [0.05, 0.1) is 18.2 Å². The van der Waals surface area contributed by atoms with Crippen LogP contribution in [0.1, 0.15) is 20.7 Å². The average Bonchev–Trinajstić information content (AvgIpc) is 2.70. The highest BCUT2D eigenvalue weighted by atomic mass is 19.1. The van der Waals surface area contributed by atoms with Crippen LogP contribution in [0.4, 0.5) is 21.6 Å². The third-order valence-corrected chi connectivity index (χ3v) is 3.68. The van der Waals surface area contributed by atoms with Crippen LogP contribution in [-0.4, -0.2) is 24.0 Å². The molecule has 6 nitrogen and oxygen atoms in total. The van der Waals surface area contributed by atoms with E-state index in [0.717, 1.165) is 0 Å². The first kappa shape index (κ1) is 18.1. The highest BCUT2D eigenvalue weighted by Crippen LogP contribution is 2.17. The molecule has 1 amide bonds. The number of carbonyl (C=O) groups excluding carboxylic acids is 2. The zero-order valence-corrected chi connectivity index (χ0v) is 14.4. The predicted molar refractivity (Wildman–Crippen MR) is 99.7 cm³/mol. The summed E-state index contributed by atoms with van der Waals surface area (Å²) in [6, 6.07) is 15.5. The normalized spacial score (nSPS) is 10.1. The average molecular weight is 365 g/mol. The van der Waals surface area contributed by atoms with Gasteiger partial charge in [0.25, 0.3) is 5.91 Å². The zero-order valence-electron chi connectivity index (χ0n) is 14.4. The second kappa shape index (κ2) is 8.09. The van der Waals surface area contributed by atoms with Crippen molar-refractivity contribution in [3.8, 4) is 0 Å². The van der Waals surface area contributed by atoms with E-state index in [4.69, 9.17) is 4.74 Å². The van der Waals surface area contributed by atoms with Gasteiger partial charge in [-0.05, 0) is 54.6 Å². The molecule has 1 heterocycles. The Balaban J connectivity index is 1.67. The van der Waals surface area contributed by atoms with Gasteiger partial charge in [-0.1, -0.05) is 6.07 Å². The summed E-state index contributed by atoms with van der Waals surface area (Å²) in [5.41, 5.74) is 1.92. The Morgan fingerprint density at radius 3 is 2.41 bits per heavy atom. The summed E-state index contributed by atoms with van der Waals surface area (Å²) in [5.74, 6) is -0.649. The van der Waals surface area contributed by atoms with E-state index in [9.17, 15) is 14.0 Å². The van der Waals surface area contributed by atoms with Crippen LogP contribution < -0.4 is 10.6 Å². The van der Waals surface area contributed by atoms with Gasteiger partial charge in [0.1, 0.15) is 11.6 Å². The number of anilines is 3. The SMILES string of the molecule is COC(=O)c1cccc(Nc2ccc(C(=O)Nc3ccc(F)cc3)cn2)c1. The van der Waals surface area contributed by atoms with Crippen LogP contribution >= 0.6 is 0 Å². The van der Waals surface area contributed by atoms with Crippen molar-refractivity contribution in [3.05, 3.63) is 83.8 Å². The Morgan fingerprint density at radius 2 is 1.74 bits per heavy atom. The van der Waals surface area contributed by atoms with Gasteiger partial charge in [0, 0.05) is 17.6 Å². The second-order valence-electron chi connectivity index (χ2n) is 5.59. The Labute approximate surface area is 155 Å². The number of esters is 1. The van der Waals surface area contributed by atoms with Gasteiger partial charge in [-0.3, -0.25) is 4.79 Å². The van der Waals surface area contributed by atoms with Crippen molar-refractivity contribution in [1.29, 1.82) is 0 Å². The molecule has 0 aliphatic heterocycles. The summed E-state index contributed by atoms with van der Waals surface area (Å²) < 4.78 is 17.6. The van der Waals surface area contributed by atoms with E-state index in [0.29, 0.717) is 28.3 Å². The lowest BCUT2D eigenvalue weighted by atomic mass is 10.2. The molecule has 2 N–H and O–H groups in total. The third-order valence-electron chi connectivity index (χ3n) is 3.68. The largest absolute Gasteiger partial charge is 0.465 e. The minimum absolute atomic E-state index is 0.353. The van der Waals surface area contributed by atoms with Crippen molar-refractivity contribution in [2.45, 2.75) is 0 Å². The number of carbonyl (C=O) groups is 2. The lowest BCUT2D eigenvalue weighted by molar-refractivity contribution is 0.0600. The van der Waals surface area contributed by atoms with Gasteiger partial charge in [0.2, 0.25) is 0 Å². The molecule has 0 radical (unpaired) electrons. The van der Waals surface area contributed by atoms with Crippen LogP contribution in [0.25, 0.3) is 0 Å². The van der Waals surface area contributed by atoms with E-state index in [1.165, 1.54) is 37.6 Å². The highest BCUT2D eigenvalue weighted by Gasteiger charge is 2.08. The smallest absolute Gasteiger partial charge is 0.337 e. The Hall–Kier alpha value is -3.74. The van der Waals surface area contributed by atoms with Crippen molar-refractivity contribution in [2.75, 3.05) is 17.7 Å². The molecular weight excluding hydrogens is 349 g/mol. The number of ether oxygens (including phenoxy) is 1. The maximum Gasteiger partial charge on any atom is 0.337 e. The molecule has 0 bridgehead atoms. The molecule has 0 unspecified atom stereocenters. The molecule has 136 valence electrons. The number of benzene rings is 2. The fraction of sp³-hybridized carbons (Fsp3) is 0.0500. The highest BCUT2D eigenvalue weighted by molar-refractivity contribution is 6.04. The summed E-state index contributed by atoms with van der Waals surface area (Å²) in [5, 5.41) is 5.72. The predicted octanol–water partition coefficient (Wildman–Crippen LogP) is 4.00. The van der Waals surface area contributed by atoms with Gasteiger partial charge in [-0.25, -0.2) is 14.2 Å². The van der Waals surface area contributed by atoms with Gasteiger partial charge in [-0.2, -0.15) is 0 Å². The number of rotatable bonds is 5. The van der Waals surface area contributed by atoms with Crippen LogP contribution in [0, 0.1) is 5.82 Å². The van der Waals surface area contributed by atoms with Crippen LogP contribution in [0.15, 0.2) is 66.9 Å². The number of hydrogen-bond acceptors (Lipinski definition) is 5. The van der Waals surface area contributed by atoms with Crippen LogP contribution in [0.5, 0.6) is 0 Å². The van der Waals surface area contributed by atoms with E-state index in [1.54, 1.807) is 36.4 Å². The minimum Gasteiger partial charge on any atom is -0.465 e. The number of halogens is 1. The molecule has 0 spiro atoms. The van der Waals surface area contributed by atoms with Crippen molar-refractivity contribution in [3.63, 3.8) is 0 Å². The summed E-state index contributed by atoms with van der Waals surface area (Å²) in [6.07, 6.45) is 1.42. The molecule has 0 aliphatic rings. The molecule has 0 saturated carbocycles. The molecule has 0 saturated heterocycles. The van der Waals surface area contributed by atoms with Crippen LogP contribution in [0.2, 0.25) is 0 Å². The number of methoxy groups -OCH3 is 1. The van der Waals surface area contributed by atoms with Gasteiger partial charge >= 0.3 is 5.97 Å². The molecule has 2 aromatic carbocycles. The fourth-order valence-electron chi connectivity index (χ4n) is 2.33. The van der Waals surface area contributed by atoms with E-state index in [2.05, 4.69) is 15.6 Å². The monoisotopic (exact) mass is 365 g/mol. The molecule has 0 fully saturated rings. The maximum absolute atomic E-state index is 12.9. The number of amides is 1. The number of nitrogens with zero attached hydrogens (tertiary/aromatic N) is 1. The van der Waals surface area contributed by atoms with Gasteiger partial charge in [-0.15, -0.1) is 0 Å². The lowest BCUT2D eigenvalue weighted by Crippen LogP contribution is -2.12. The quantitative estimate of drug-likeness (QED) is 0.668. The first-order valence-corrected chi connectivity index (χ1v) is 8.03. The van der Waals surface area contributed by atoms with Crippen molar-refractivity contribution >= 4 is 29.1 Å². The minimum atomic E-state index is -0.431. The Morgan fingerprint density at radius 1 is 0.963 bits per heavy atom. The second-order valence-corrected chi connectivity index (χ2v) is 5.59. The number of hydrogen-bond donors (Lipinski definition) is 2. The van der Waals surface area contributed by atoms with E-state index in [1.807, 2.05) is 0 Å². The number of aromatic nitrogens is 1. The van der Waals surface area contributed by atoms with Gasteiger partial charge in [0.15, 0.2) is 0 Å². The summed E-state index contributed by atoms with van der Waals surface area (Å²) in [4.78, 5) is 28.0.